The van der Waals surface area contributed by atoms with Gasteiger partial charge in [-0.25, -0.2) is 4.68 Å². The molecule has 0 radical (unpaired) electrons. The zero-order valence-corrected chi connectivity index (χ0v) is 15.4. The summed E-state index contributed by atoms with van der Waals surface area (Å²) in [6.07, 6.45) is 2.69. The number of ether oxygens (including phenoxy) is 1. The number of rotatable bonds is 7. The first kappa shape index (κ1) is 18.4. The Kier molecular flexibility index (Phi) is 6.25. The van der Waals surface area contributed by atoms with Crippen molar-refractivity contribution in [2.24, 2.45) is 0 Å². The number of aryl methyl sites for hydroxylation is 1. The van der Waals surface area contributed by atoms with E-state index in [-0.39, 0.29) is 11.9 Å². The van der Waals surface area contributed by atoms with Crippen LogP contribution >= 0.6 is 0 Å². The number of para-hydroxylation sites is 1. The van der Waals surface area contributed by atoms with Gasteiger partial charge in [-0.05, 0) is 12.5 Å². The number of aromatic nitrogens is 2. The molecule has 3 rings (SSSR count). The van der Waals surface area contributed by atoms with Crippen LogP contribution in [0.1, 0.15) is 24.9 Å². The molecule has 0 saturated carbocycles. The summed E-state index contributed by atoms with van der Waals surface area (Å²) < 4.78 is 7.34. The smallest absolute Gasteiger partial charge is 0.239 e. The van der Waals surface area contributed by atoms with Gasteiger partial charge in [0, 0.05) is 37.8 Å². The normalized spacial score (nSPS) is 17.8. The molecule has 1 aromatic heterocycles. The lowest BCUT2D eigenvalue weighted by molar-refractivity contribution is -0.118. The van der Waals surface area contributed by atoms with Gasteiger partial charge in [0.2, 0.25) is 5.91 Å². The van der Waals surface area contributed by atoms with Crippen LogP contribution in [0.5, 0.6) is 5.75 Å². The number of carbonyl (C=O) groups excluding carboxylic acids is 1. The molecule has 7 nitrogen and oxygen atoms in total. The highest BCUT2D eigenvalue weighted by Gasteiger charge is 2.27. The molecule has 140 valence electrons. The quantitative estimate of drug-likeness (QED) is 0.792. The molecule has 1 fully saturated rings. The first-order chi connectivity index (χ1) is 12.7. The zero-order chi connectivity index (χ0) is 18.4. The van der Waals surface area contributed by atoms with E-state index in [2.05, 4.69) is 33.6 Å². The van der Waals surface area contributed by atoms with Gasteiger partial charge in [-0.15, -0.1) is 0 Å². The minimum absolute atomic E-state index is 0.0235. The third kappa shape index (κ3) is 4.23. The Morgan fingerprint density at radius 2 is 2.23 bits per heavy atom. The topological polar surface area (TPSA) is 71.4 Å². The minimum atomic E-state index is -0.0235. The highest BCUT2D eigenvalue weighted by molar-refractivity contribution is 5.91. The molecule has 2 N–H and O–H groups in total. The maximum atomic E-state index is 12.6. The molecule has 1 aromatic carbocycles. The van der Waals surface area contributed by atoms with Gasteiger partial charge in [-0.3, -0.25) is 9.69 Å². The largest absolute Gasteiger partial charge is 0.496 e. The summed E-state index contributed by atoms with van der Waals surface area (Å²) in [6.45, 7) is 5.69. The summed E-state index contributed by atoms with van der Waals surface area (Å²) in [6, 6.07) is 9.94. The number of benzene rings is 1. The fourth-order valence-corrected chi connectivity index (χ4v) is 3.38. The van der Waals surface area contributed by atoms with E-state index in [1.165, 1.54) is 0 Å². The Morgan fingerprint density at radius 3 is 3.04 bits per heavy atom. The number of nitrogens with zero attached hydrogens (tertiary/aromatic N) is 3. The minimum Gasteiger partial charge on any atom is -0.496 e. The van der Waals surface area contributed by atoms with Gasteiger partial charge in [0.05, 0.1) is 25.9 Å². The van der Waals surface area contributed by atoms with Crippen LogP contribution in [0.25, 0.3) is 0 Å². The van der Waals surface area contributed by atoms with Crippen molar-refractivity contribution < 1.29 is 9.53 Å². The molecule has 0 aliphatic carbocycles. The average Bonchev–Trinajstić information content (AvgIpc) is 3.09. The number of piperazine rings is 1. The first-order valence-corrected chi connectivity index (χ1v) is 9.12. The van der Waals surface area contributed by atoms with E-state index in [0.29, 0.717) is 6.54 Å². The van der Waals surface area contributed by atoms with E-state index in [4.69, 9.17) is 4.74 Å². The van der Waals surface area contributed by atoms with Crippen LogP contribution in [-0.2, 0) is 11.3 Å². The second-order valence-electron chi connectivity index (χ2n) is 6.42. The van der Waals surface area contributed by atoms with Crippen LogP contribution in [-0.4, -0.2) is 53.9 Å². The predicted octanol–water partition coefficient (Wildman–Crippen LogP) is 1.89. The van der Waals surface area contributed by atoms with Crippen molar-refractivity contribution in [3.05, 3.63) is 42.1 Å². The van der Waals surface area contributed by atoms with E-state index in [1.54, 1.807) is 13.3 Å². The number of hydrogen-bond acceptors (Lipinski definition) is 5. The molecule has 1 aliphatic rings. The molecule has 1 amide bonds. The van der Waals surface area contributed by atoms with Crippen molar-refractivity contribution in [3.8, 4) is 5.75 Å². The number of methoxy groups -OCH3 is 1. The van der Waals surface area contributed by atoms with Gasteiger partial charge in [-0.1, -0.05) is 25.1 Å². The lowest BCUT2D eigenvalue weighted by Gasteiger charge is -2.36. The van der Waals surface area contributed by atoms with Gasteiger partial charge in [0.1, 0.15) is 11.6 Å². The Morgan fingerprint density at radius 1 is 1.38 bits per heavy atom. The molecular formula is C19H27N5O2. The Bertz CT molecular complexity index is 730. The highest BCUT2D eigenvalue weighted by atomic mass is 16.5. The van der Waals surface area contributed by atoms with Gasteiger partial charge in [0.15, 0.2) is 0 Å². The molecule has 7 heteroatoms. The average molecular weight is 357 g/mol. The van der Waals surface area contributed by atoms with Crippen LogP contribution in [0.3, 0.4) is 0 Å². The van der Waals surface area contributed by atoms with Crippen molar-refractivity contribution in [2.75, 3.05) is 38.6 Å². The van der Waals surface area contributed by atoms with E-state index in [0.717, 1.165) is 49.7 Å². The maximum absolute atomic E-state index is 12.6. The summed E-state index contributed by atoms with van der Waals surface area (Å²) in [5.74, 6) is 1.58. The van der Waals surface area contributed by atoms with Crippen molar-refractivity contribution in [1.82, 2.24) is 20.0 Å². The number of anilines is 1. The van der Waals surface area contributed by atoms with E-state index in [9.17, 15) is 4.79 Å². The number of hydrogen-bond donors (Lipinski definition) is 2. The van der Waals surface area contributed by atoms with E-state index >= 15 is 0 Å². The van der Waals surface area contributed by atoms with Gasteiger partial charge < -0.3 is 15.4 Å². The van der Waals surface area contributed by atoms with Crippen molar-refractivity contribution in [2.45, 2.75) is 25.9 Å². The second kappa shape index (κ2) is 8.82. The van der Waals surface area contributed by atoms with Crippen LogP contribution in [0, 0.1) is 0 Å². The Labute approximate surface area is 154 Å². The Hall–Kier alpha value is -2.38. The van der Waals surface area contributed by atoms with Crippen molar-refractivity contribution in [3.63, 3.8) is 0 Å². The van der Waals surface area contributed by atoms with Gasteiger partial charge >= 0.3 is 0 Å². The predicted molar refractivity (Wildman–Crippen MR) is 101 cm³/mol. The molecular weight excluding hydrogens is 330 g/mol. The summed E-state index contributed by atoms with van der Waals surface area (Å²) in [5.41, 5.74) is 1.10. The van der Waals surface area contributed by atoms with Gasteiger partial charge in [0.25, 0.3) is 0 Å². The first-order valence-electron chi connectivity index (χ1n) is 9.12. The summed E-state index contributed by atoms with van der Waals surface area (Å²) in [7, 11) is 1.68. The SMILES string of the molecule is CCCn1nccc1NC(=O)CN1CCNCC1c1ccccc1OC. The third-order valence-corrected chi connectivity index (χ3v) is 4.62. The van der Waals surface area contributed by atoms with Crippen molar-refractivity contribution >= 4 is 11.7 Å². The molecule has 26 heavy (non-hydrogen) atoms. The monoisotopic (exact) mass is 357 g/mol. The van der Waals surface area contributed by atoms with Crippen molar-refractivity contribution in [1.29, 1.82) is 0 Å². The zero-order valence-electron chi connectivity index (χ0n) is 15.4. The summed E-state index contributed by atoms with van der Waals surface area (Å²) >= 11 is 0. The molecule has 2 heterocycles. The summed E-state index contributed by atoms with van der Waals surface area (Å²) in [4.78, 5) is 14.8. The molecule has 0 spiro atoms. The number of carbonyl (C=O) groups is 1. The fourth-order valence-electron chi connectivity index (χ4n) is 3.38. The molecule has 1 atom stereocenters. The number of nitrogens with one attached hydrogen (secondary N) is 2. The van der Waals surface area contributed by atoms with Crippen LogP contribution in [0.15, 0.2) is 36.5 Å². The van der Waals surface area contributed by atoms with Crippen LogP contribution in [0.4, 0.5) is 5.82 Å². The second-order valence-corrected chi connectivity index (χ2v) is 6.42. The van der Waals surface area contributed by atoms with Gasteiger partial charge in [-0.2, -0.15) is 5.10 Å². The third-order valence-electron chi connectivity index (χ3n) is 4.62. The molecule has 0 bridgehead atoms. The maximum Gasteiger partial charge on any atom is 0.239 e. The Balaban J connectivity index is 1.70. The molecule has 1 unspecified atom stereocenters. The number of amides is 1. The highest BCUT2D eigenvalue weighted by Crippen LogP contribution is 2.29. The van der Waals surface area contributed by atoms with E-state index < -0.39 is 0 Å². The standard InChI is InChI=1S/C19H27N5O2/c1-3-11-24-18(8-9-21-24)22-19(25)14-23-12-10-20-13-16(23)15-6-4-5-7-17(15)26-2/h4-9,16,20H,3,10-14H2,1-2H3,(H,22,25). The van der Waals surface area contributed by atoms with E-state index in [1.807, 2.05) is 28.9 Å². The van der Waals surface area contributed by atoms with Crippen LogP contribution < -0.4 is 15.4 Å². The summed E-state index contributed by atoms with van der Waals surface area (Å²) in [5, 5.41) is 10.7. The molecule has 2 aromatic rings. The van der Waals surface area contributed by atoms with Crippen LogP contribution in [0.2, 0.25) is 0 Å². The molecule has 1 saturated heterocycles. The lowest BCUT2D eigenvalue weighted by Crippen LogP contribution is -2.48. The fraction of sp³-hybridized carbons (Fsp3) is 0.474. The lowest BCUT2D eigenvalue weighted by atomic mass is 10.0. The molecule has 1 aliphatic heterocycles.